The van der Waals surface area contributed by atoms with Gasteiger partial charge in [-0.2, -0.15) is 4.39 Å². The monoisotopic (exact) mass is 347 g/mol. The van der Waals surface area contributed by atoms with E-state index in [1.165, 1.54) is 6.07 Å². The number of halogens is 4. The molecule has 0 saturated carbocycles. The average molecular weight is 349 g/mol. The van der Waals surface area contributed by atoms with Gasteiger partial charge in [-0.05, 0) is 24.3 Å². The van der Waals surface area contributed by atoms with Gasteiger partial charge in [-0.1, -0.05) is 33.6 Å². The molecular formula is C13H9BrClF2NO. The third-order valence-electron chi connectivity index (χ3n) is 2.45. The SMILES string of the molecule is Nc1cc(Cl)ccc1COc1cc(Br)cc(F)c1F. The van der Waals surface area contributed by atoms with Gasteiger partial charge in [0, 0.05) is 20.7 Å². The van der Waals surface area contributed by atoms with E-state index in [2.05, 4.69) is 15.9 Å². The lowest BCUT2D eigenvalue weighted by molar-refractivity contribution is 0.285. The van der Waals surface area contributed by atoms with Crippen LogP contribution in [-0.4, -0.2) is 0 Å². The van der Waals surface area contributed by atoms with Crippen LogP contribution in [0.1, 0.15) is 5.56 Å². The Morgan fingerprint density at radius 3 is 2.63 bits per heavy atom. The van der Waals surface area contributed by atoms with Crippen molar-refractivity contribution in [3.63, 3.8) is 0 Å². The minimum absolute atomic E-state index is 0.0236. The Morgan fingerprint density at radius 2 is 1.95 bits per heavy atom. The summed E-state index contributed by atoms with van der Waals surface area (Å²) < 4.78 is 32.3. The van der Waals surface area contributed by atoms with Crippen molar-refractivity contribution < 1.29 is 13.5 Å². The number of anilines is 1. The van der Waals surface area contributed by atoms with Crippen LogP contribution < -0.4 is 10.5 Å². The van der Waals surface area contributed by atoms with Crippen molar-refractivity contribution in [2.75, 3.05) is 5.73 Å². The van der Waals surface area contributed by atoms with E-state index in [1.54, 1.807) is 18.2 Å². The molecule has 0 aliphatic rings. The predicted molar refractivity (Wildman–Crippen MR) is 74.3 cm³/mol. The van der Waals surface area contributed by atoms with Crippen LogP contribution in [0.25, 0.3) is 0 Å². The highest BCUT2D eigenvalue weighted by Crippen LogP contribution is 2.27. The molecule has 0 bridgehead atoms. The van der Waals surface area contributed by atoms with Crippen molar-refractivity contribution in [2.24, 2.45) is 0 Å². The molecule has 0 amide bonds. The molecule has 0 saturated heterocycles. The van der Waals surface area contributed by atoms with Gasteiger partial charge in [0.25, 0.3) is 0 Å². The van der Waals surface area contributed by atoms with E-state index in [0.717, 1.165) is 6.07 Å². The van der Waals surface area contributed by atoms with Gasteiger partial charge >= 0.3 is 0 Å². The molecule has 19 heavy (non-hydrogen) atoms. The number of rotatable bonds is 3. The molecule has 2 N–H and O–H groups in total. The predicted octanol–water partition coefficient (Wildman–Crippen LogP) is 4.54. The molecule has 2 rings (SSSR count). The Bertz CT molecular complexity index is 622. The first-order valence-corrected chi connectivity index (χ1v) is 6.45. The Labute approximate surface area is 122 Å². The average Bonchev–Trinajstić information content (AvgIpc) is 2.33. The molecular weight excluding hydrogens is 340 g/mol. The van der Waals surface area contributed by atoms with Gasteiger partial charge in [0.1, 0.15) is 6.61 Å². The highest BCUT2D eigenvalue weighted by molar-refractivity contribution is 9.10. The molecule has 6 heteroatoms. The van der Waals surface area contributed by atoms with Gasteiger partial charge in [-0.25, -0.2) is 4.39 Å². The molecule has 2 nitrogen and oxygen atoms in total. The van der Waals surface area contributed by atoms with Gasteiger partial charge in [-0.3, -0.25) is 0 Å². The third kappa shape index (κ3) is 3.36. The first-order chi connectivity index (χ1) is 8.97. The standard InChI is InChI=1S/C13H9BrClF2NO/c14-8-3-10(16)13(17)12(4-8)19-6-7-1-2-9(15)5-11(7)18/h1-5H,6,18H2. The first kappa shape index (κ1) is 14.1. The van der Waals surface area contributed by atoms with Crippen LogP contribution in [0.4, 0.5) is 14.5 Å². The fraction of sp³-hybridized carbons (Fsp3) is 0.0769. The summed E-state index contributed by atoms with van der Waals surface area (Å²) >= 11 is 8.83. The summed E-state index contributed by atoms with van der Waals surface area (Å²) in [5.41, 5.74) is 6.82. The van der Waals surface area contributed by atoms with E-state index in [-0.39, 0.29) is 12.4 Å². The van der Waals surface area contributed by atoms with Crippen molar-refractivity contribution >= 4 is 33.2 Å². The van der Waals surface area contributed by atoms with Crippen LogP contribution in [-0.2, 0) is 6.61 Å². The van der Waals surface area contributed by atoms with Crippen LogP contribution in [0.2, 0.25) is 5.02 Å². The van der Waals surface area contributed by atoms with E-state index in [4.69, 9.17) is 22.1 Å². The zero-order valence-corrected chi connectivity index (χ0v) is 11.9. The smallest absolute Gasteiger partial charge is 0.200 e. The van der Waals surface area contributed by atoms with Crippen LogP contribution in [0.15, 0.2) is 34.8 Å². The molecule has 0 aliphatic carbocycles. The Kier molecular flexibility index (Phi) is 4.27. The summed E-state index contributed by atoms with van der Waals surface area (Å²) in [5.74, 6) is -2.19. The zero-order chi connectivity index (χ0) is 14.0. The summed E-state index contributed by atoms with van der Waals surface area (Å²) in [6, 6.07) is 7.26. The lowest BCUT2D eigenvalue weighted by Crippen LogP contribution is -2.02. The zero-order valence-electron chi connectivity index (χ0n) is 9.59. The minimum atomic E-state index is -1.03. The fourth-order valence-electron chi connectivity index (χ4n) is 1.49. The van der Waals surface area contributed by atoms with Crippen molar-refractivity contribution in [1.29, 1.82) is 0 Å². The van der Waals surface area contributed by atoms with Crippen LogP contribution in [0.5, 0.6) is 5.75 Å². The maximum absolute atomic E-state index is 13.5. The van der Waals surface area contributed by atoms with E-state index in [1.807, 2.05) is 0 Å². The van der Waals surface area contributed by atoms with Gasteiger partial charge in [0.2, 0.25) is 5.82 Å². The number of nitrogen functional groups attached to an aromatic ring is 1. The van der Waals surface area contributed by atoms with Crippen molar-refractivity contribution in [2.45, 2.75) is 6.61 Å². The van der Waals surface area contributed by atoms with Crippen LogP contribution in [0, 0.1) is 11.6 Å². The number of hydrogen-bond acceptors (Lipinski definition) is 2. The quantitative estimate of drug-likeness (QED) is 0.653. The van der Waals surface area contributed by atoms with Crippen LogP contribution >= 0.6 is 27.5 Å². The lowest BCUT2D eigenvalue weighted by atomic mass is 10.2. The van der Waals surface area contributed by atoms with Gasteiger partial charge < -0.3 is 10.5 Å². The first-order valence-electron chi connectivity index (χ1n) is 5.28. The maximum atomic E-state index is 13.5. The molecule has 0 fully saturated rings. The second-order valence-corrected chi connectivity index (χ2v) is 5.18. The third-order valence-corrected chi connectivity index (χ3v) is 3.14. The largest absolute Gasteiger partial charge is 0.486 e. The summed E-state index contributed by atoms with van der Waals surface area (Å²) in [4.78, 5) is 0. The Morgan fingerprint density at radius 1 is 1.21 bits per heavy atom. The second kappa shape index (κ2) is 5.75. The number of hydrogen-bond donors (Lipinski definition) is 1. The number of nitrogens with two attached hydrogens (primary N) is 1. The molecule has 2 aromatic rings. The van der Waals surface area contributed by atoms with Gasteiger partial charge in [-0.15, -0.1) is 0 Å². The molecule has 0 heterocycles. The maximum Gasteiger partial charge on any atom is 0.200 e. The molecule has 0 atom stereocenters. The summed E-state index contributed by atoms with van der Waals surface area (Å²) in [7, 11) is 0. The molecule has 0 unspecified atom stereocenters. The van der Waals surface area contributed by atoms with Gasteiger partial charge in [0.15, 0.2) is 11.6 Å². The van der Waals surface area contributed by atoms with E-state index >= 15 is 0 Å². The molecule has 2 aromatic carbocycles. The van der Waals surface area contributed by atoms with Crippen molar-refractivity contribution in [3.8, 4) is 5.75 Å². The summed E-state index contributed by atoms with van der Waals surface area (Å²) in [5, 5.41) is 0.501. The molecule has 0 spiro atoms. The van der Waals surface area contributed by atoms with E-state index in [0.29, 0.717) is 20.7 Å². The normalized spacial score (nSPS) is 10.5. The van der Waals surface area contributed by atoms with E-state index in [9.17, 15) is 8.78 Å². The highest BCUT2D eigenvalue weighted by Gasteiger charge is 2.12. The fourth-order valence-corrected chi connectivity index (χ4v) is 2.08. The molecule has 0 aliphatic heterocycles. The highest BCUT2D eigenvalue weighted by atomic mass is 79.9. The Hall–Kier alpha value is -1.33. The number of benzene rings is 2. The second-order valence-electron chi connectivity index (χ2n) is 3.83. The molecule has 0 aromatic heterocycles. The molecule has 100 valence electrons. The topological polar surface area (TPSA) is 35.2 Å². The van der Waals surface area contributed by atoms with Crippen molar-refractivity contribution in [1.82, 2.24) is 0 Å². The summed E-state index contributed by atoms with van der Waals surface area (Å²) in [6.45, 7) is 0.0236. The Balaban J connectivity index is 2.19. The minimum Gasteiger partial charge on any atom is -0.486 e. The van der Waals surface area contributed by atoms with E-state index < -0.39 is 11.6 Å². The summed E-state index contributed by atoms with van der Waals surface area (Å²) in [6.07, 6.45) is 0. The van der Waals surface area contributed by atoms with Gasteiger partial charge in [0.05, 0.1) is 0 Å². The van der Waals surface area contributed by atoms with Crippen LogP contribution in [0.3, 0.4) is 0 Å². The molecule has 0 radical (unpaired) electrons. The lowest BCUT2D eigenvalue weighted by Gasteiger charge is -2.10. The van der Waals surface area contributed by atoms with Crippen molar-refractivity contribution in [3.05, 3.63) is 57.0 Å². The number of ether oxygens (including phenoxy) is 1.